The average molecular weight is 516 g/mol. The van der Waals surface area contributed by atoms with Gasteiger partial charge in [0, 0.05) is 23.9 Å². The molecule has 1 aliphatic rings. The number of carbonyl (C=O) groups excluding carboxylic acids is 3. The van der Waals surface area contributed by atoms with Gasteiger partial charge in [-0.2, -0.15) is 0 Å². The van der Waals surface area contributed by atoms with E-state index in [1.165, 1.54) is 4.68 Å². The smallest absolute Gasteiger partial charge is 0.269 e. The third-order valence-electron chi connectivity index (χ3n) is 6.65. The van der Waals surface area contributed by atoms with E-state index in [-0.39, 0.29) is 23.6 Å². The minimum atomic E-state index is -0.732. The summed E-state index contributed by atoms with van der Waals surface area (Å²) in [5.74, 6) is 6.06. The molecule has 0 aliphatic carbocycles. The first kappa shape index (κ1) is 26.6. The van der Waals surface area contributed by atoms with Crippen molar-refractivity contribution in [2.45, 2.75) is 52.0 Å². The molecule has 2 aromatic heterocycles. The van der Waals surface area contributed by atoms with E-state index in [1.807, 2.05) is 32.1 Å². The average Bonchev–Trinajstić information content (AvgIpc) is 3.28. The van der Waals surface area contributed by atoms with Gasteiger partial charge in [-0.3, -0.25) is 14.4 Å². The molecule has 3 amide bonds. The molecule has 1 atom stereocenters. The van der Waals surface area contributed by atoms with Gasteiger partial charge in [0.1, 0.15) is 11.5 Å². The molecule has 3 heterocycles. The van der Waals surface area contributed by atoms with E-state index in [4.69, 9.17) is 16.6 Å². The number of aromatic nitrogens is 3. The van der Waals surface area contributed by atoms with Crippen LogP contribution < -0.4 is 16.9 Å². The van der Waals surface area contributed by atoms with Crippen LogP contribution in [0.5, 0.6) is 0 Å². The Kier molecular flexibility index (Phi) is 8.20. The second kappa shape index (κ2) is 11.7. The molecular weight excluding hydrogens is 482 g/mol. The van der Waals surface area contributed by atoms with Crippen molar-refractivity contribution in [3.8, 4) is 11.3 Å². The number of nitrogens with two attached hydrogens (primary N) is 2. The summed E-state index contributed by atoms with van der Waals surface area (Å²) in [6.07, 6.45) is 9.08. The first-order valence-corrected chi connectivity index (χ1v) is 12.8. The summed E-state index contributed by atoms with van der Waals surface area (Å²) in [5.41, 5.74) is 8.11. The number of pyridine rings is 1. The van der Waals surface area contributed by atoms with Crippen LogP contribution in [-0.2, 0) is 11.2 Å². The van der Waals surface area contributed by atoms with Crippen molar-refractivity contribution in [3.05, 3.63) is 77.4 Å². The number of carbonyl (C=O) groups is 3. The lowest BCUT2D eigenvalue weighted by Crippen LogP contribution is -2.40. The van der Waals surface area contributed by atoms with Crippen molar-refractivity contribution in [1.29, 1.82) is 0 Å². The number of primary amides is 1. The molecule has 38 heavy (non-hydrogen) atoms. The number of imidazole rings is 1. The van der Waals surface area contributed by atoms with Gasteiger partial charge < -0.3 is 21.8 Å². The Morgan fingerprint density at radius 3 is 2.58 bits per heavy atom. The van der Waals surface area contributed by atoms with Crippen LogP contribution in [0.4, 0.5) is 5.82 Å². The van der Waals surface area contributed by atoms with E-state index in [1.54, 1.807) is 41.4 Å². The number of anilines is 1. The third kappa shape index (κ3) is 5.59. The molecule has 5 N–H and O–H groups in total. The van der Waals surface area contributed by atoms with E-state index in [0.29, 0.717) is 41.4 Å². The highest BCUT2D eigenvalue weighted by Crippen LogP contribution is 2.33. The fourth-order valence-corrected chi connectivity index (χ4v) is 4.63. The zero-order chi connectivity index (χ0) is 27.2. The number of piperidine rings is 1. The second-order valence-electron chi connectivity index (χ2n) is 9.19. The van der Waals surface area contributed by atoms with E-state index >= 15 is 0 Å². The van der Waals surface area contributed by atoms with Gasteiger partial charge >= 0.3 is 0 Å². The van der Waals surface area contributed by atoms with Gasteiger partial charge in [0.25, 0.3) is 11.8 Å². The Morgan fingerprint density at radius 1 is 1.13 bits per heavy atom. The molecule has 0 bridgehead atoms. The van der Waals surface area contributed by atoms with Crippen LogP contribution in [0, 0.1) is 0 Å². The molecule has 0 radical (unpaired) electrons. The van der Waals surface area contributed by atoms with Gasteiger partial charge in [0.15, 0.2) is 11.5 Å². The first-order valence-electron chi connectivity index (χ1n) is 12.8. The summed E-state index contributed by atoms with van der Waals surface area (Å²) in [4.78, 5) is 48.7. The zero-order valence-electron chi connectivity index (χ0n) is 21.7. The van der Waals surface area contributed by atoms with Crippen molar-refractivity contribution < 1.29 is 14.4 Å². The molecule has 10 heteroatoms. The summed E-state index contributed by atoms with van der Waals surface area (Å²) in [5, 5.41) is 2.80. The molecule has 1 saturated heterocycles. The van der Waals surface area contributed by atoms with Crippen LogP contribution in [0.3, 0.4) is 0 Å². The number of nitrogen functional groups attached to an aromatic ring is 1. The fourth-order valence-electron chi connectivity index (χ4n) is 4.63. The number of rotatable bonds is 8. The zero-order valence-corrected chi connectivity index (χ0v) is 21.7. The molecule has 10 nitrogen and oxygen atoms in total. The molecule has 0 spiro atoms. The lowest BCUT2D eigenvalue weighted by atomic mass is 10.0. The first-order chi connectivity index (χ1) is 18.3. The van der Waals surface area contributed by atoms with Gasteiger partial charge in [-0.1, -0.05) is 32.1 Å². The molecule has 1 aromatic carbocycles. The van der Waals surface area contributed by atoms with Crippen molar-refractivity contribution in [2.75, 3.05) is 17.7 Å². The SMILES string of the molecule is CC/C=C/C(=O)N1CCCCC1c1nc(-c2ccc(C(=O)Nc3cc(CC)ccn3)cc2)c(C(N)=O)n1N. The van der Waals surface area contributed by atoms with E-state index in [9.17, 15) is 14.4 Å². The maximum absolute atomic E-state index is 12.8. The van der Waals surface area contributed by atoms with Gasteiger partial charge in [0.05, 0.1) is 6.04 Å². The molecule has 198 valence electrons. The quantitative estimate of drug-likeness (QED) is 0.308. The Hall–Kier alpha value is -4.47. The summed E-state index contributed by atoms with van der Waals surface area (Å²) < 4.78 is 1.20. The number of nitrogens with one attached hydrogen (secondary N) is 1. The van der Waals surface area contributed by atoms with Crippen LogP contribution in [-0.4, -0.2) is 43.8 Å². The molecule has 0 saturated carbocycles. The largest absolute Gasteiger partial charge is 0.364 e. The van der Waals surface area contributed by atoms with E-state index < -0.39 is 5.91 Å². The predicted molar refractivity (Wildman–Crippen MR) is 146 cm³/mol. The number of allylic oxidation sites excluding steroid dienone is 1. The highest BCUT2D eigenvalue weighted by Gasteiger charge is 2.33. The van der Waals surface area contributed by atoms with Crippen LogP contribution in [0.1, 0.15) is 77.8 Å². The topological polar surface area (TPSA) is 149 Å². The molecular formula is C28H33N7O3. The van der Waals surface area contributed by atoms with Crippen molar-refractivity contribution in [1.82, 2.24) is 19.5 Å². The molecule has 1 aliphatic heterocycles. The van der Waals surface area contributed by atoms with E-state index in [2.05, 4.69) is 10.3 Å². The maximum atomic E-state index is 12.8. The Balaban J connectivity index is 1.63. The van der Waals surface area contributed by atoms with Gasteiger partial charge in [0.2, 0.25) is 5.91 Å². The lowest BCUT2D eigenvalue weighted by molar-refractivity contribution is -0.130. The number of benzene rings is 1. The Morgan fingerprint density at radius 2 is 1.89 bits per heavy atom. The summed E-state index contributed by atoms with van der Waals surface area (Å²) in [6, 6.07) is 10.0. The van der Waals surface area contributed by atoms with Crippen molar-refractivity contribution in [2.24, 2.45) is 5.73 Å². The lowest BCUT2D eigenvalue weighted by Gasteiger charge is -2.34. The standard InChI is InChI=1S/C28H33N7O3/c1-3-5-9-23(36)34-16-7-6-8-21(34)27-33-24(25(26(29)37)35(27)30)19-10-12-20(13-11-19)28(38)32-22-17-18(4-2)14-15-31-22/h5,9-15,17,21H,3-4,6-8,16,30H2,1-2H3,(H2,29,37)(H,31,32,38)/b9-5+. The number of amides is 3. The van der Waals surface area contributed by atoms with Gasteiger partial charge in [-0.15, -0.1) is 0 Å². The van der Waals surface area contributed by atoms with Crippen LogP contribution >= 0.6 is 0 Å². The van der Waals surface area contributed by atoms with E-state index in [0.717, 1.165) is 31.2 Å². The highest BCUT2D eigenvalue weighted by molar-refractivity contribution is 6.04. The number of hydrogen-bond acceptors (Lipinski definition) is 6. The number of nitrogens with zero attached hydrogens (tertiary/aromatic N) is 4. The fraction of sp³-hybridized carbons (Fsp3) is 0.321. The molecule has 1 unspecified atom stereocenters. The van der Waals surface area contributed by atoms with Crippen LogP contribution in [0.15, 0.2) is 54.7 Å². The maximum Gasteiger partial charge on any atom is 0.269 e. The molecule has 1 fully saturated rings. The molecule has 4 rings (SSSR count). The monoisotopic (exact) mass is 515 g/mol. The number of aryl methyl sites for hydroxylation is 1. The summed E-state index contributed by atoms with van der Waals surface area (Å²) in [7, 11) is 0. The van der Waals surface area contributed by atoms with Crippen LogP contribution in [0.2, 0.25) is 0 Å². The summed E-state index contributed by atoms with van der Waals surface area (Å²) >= 11 is 0. The van der Waals surface area contributed by atoms with Crippen molar-refractivity contribution >= 4 is 23.5 Å². The van der Waals surface area contributed by atoms with Crippen LogP contribution in [0.25, 0.3) is 11.3 Å². The second-order valence-corrected chi connectivity index (χ2v) is 9.19. The van der Waals surface area contributed by atoms with Gasteiger partial charge in [-0.05, 0) is 68.0 Å². The minimum absolute atomic E-state index is 0.0415. The number of hydrogen-bond donors (Lipinski definition) is 3. The molecule has 3 aromatic rings. The number of likely N-dealkylation sites (tertiary alicyclic amines) is 1. The predicted octanol–water partition coefficient (Wildman–Crippen LogP) is 3.59. The Bertz CT molecular complexity index is 1360. The normalized spacial score (nSPS) is 15.5. The third-order valence-corrected chi connectivity index (χ3v) is 6.65. The Labute approximate surface area is 221 Å². The van der Waals surface area contributed by atoms with Gasteiger partial charge in [-0.25, -0.2) is 14.6 Å². The highest BCUT2D eigenvalue weighted by atomic mass is 16.2. The summed E-state index contributed by atoms with van der Waals surface area (Å²) in [6.45, 7) is 4.57. The van der Waals surface area contributed by atoms with Crippen molar-refractivity contribution in [3.63, 3.8) is 0 Å². The minimum Gasteiger partial charge on any atom is -0.364 e.